The molecule has 1 atom stereocenters. The van der Waals surface area contributed by atoms with E-state index in [0.29, 0.717) is 0 Å². The van der Waals surface area contributed by atoms with E-state index in [1.54, 1.807) is 6.08 Å². The third kappa shape index (κ3) is 12.5. The van der Waals surface area contributed by atoms with E-state index in [0.717, 1.165) is 61.9 Å². The Kier molecular flexibility index (Phi) is 19.6. The Balaban J connectivity index is 0.000000420. The topological polar surface area (TPSA) is 34.0 Å². The molecule has 0 fully saturated rings. The van der Waals surface area contributed by atoms with Gasteiger partial charge in [-0.2, -0.15) is 0 Å². The molecule has 4 nitrogen and oxygen atoms in total. The van der Waals surface area contributed by atoms with Crippen LogP contribution in [0.25, 0.3) is 72.0 Å². The van der Waals surface area contributed by atoms with Gasteiger partial charge in [-0.25, -0.2) is 9.97 Å². The molecular weight excluding hydrogens is 885 g/mol. The number of rotatable bonds is 12. The third-order valence-corrected chi connectivity index (χ3v) is 12.3. The van der Waals surface area contributed by atoms with Gasteiger partial charge in [0.25, 0.3) is 0 Å². The molecule has 0 aliphatic carbocycles. The van der Waals surface area contributed by atoms with E-state index in [9.17, 15) is 0 Å². The summed E-state index contributed by atoms with van der Waals surface area (Å²) in [4.78, 5) is 12.5. The number of fused-ring (bicyclic) bond motifs is 3. The third-order valence-electron chi connectivity index (χ3n) is 12.3. The molecule has 0 N–H and O–H groups in total. The van der Waals surface area contributed by atoms with E-state index in [-0.39, 0.29) is 11.8 Å². The summed E-state index contributed by atoms with van der Waals surface area (Å²) >= 11 is 0. The van der Waals surface area contributed by atoms with Crippen molar-refractivity contribution in [2.75, 3.05) is 4.90 Å². The van der Waals surface area contributed by atoms with E-state index < -0.39 is 0 Å². The Hall–Kier alpha value is -8.60. The number of nitrogens with zero attached hydrogens (tertiary/aromatic N) is 4. The average Bonchev–Trinajstić information content (AvgIpc) is 3.78. The molecule has 0 aliphatic rings. The monoisotopic (exact) mass is 955 g/mol. The molecular formula is C69H70N4. The molecule has 8 aromatic carbocycles. The Labute approximate surface area is 435 Å². The predicted octanol–water partition coefficient (Wildman–Crippen LogP) is 20.1. The molecule has 4 heteroatoms. The summed E-state index contributed by atoms with van der Waals surface area (Å²) in [5, 5.41) is 3.75. The molecule has 10 aromatic rings. The second-order valence-corrected chi connectivity index (χ2v) is 17.0. The van der Waals surface area contributed by atoms with Crippen molar-refractivity contribution in [2.24, 2.45) is 11.8 Å². The molecule has 0 spiro atoms. The Morgan fingerprint density at radius 2 is 0.986 bits per heavy atom. The van der Waals surface area contributed by atoms with Crippen LogP contribution in [-0.2, 0) is 0 Å². The maximum atomic E-state index is 5.13. The van der Waals surface area contributed by atoms with Gasteiger partial charge in [-0.1, -0.05) is 185 Å². The van der Waals surface area contributed by atoms with Gasteiger partial charge in [0.15, 0.2) is 0 Å². The maximum absolute atomic E-state index is 5.13. The molecule has 0 saturated carbocycles. The SMILES string of the molecule is C=CC.C=CC(C=C)C(C=C)C(=C)C.CC.CC.Cc1cc2cc(-c3cccc4ccccc34)ccc2n1-c1ccc(N(c2ccccc2)c2ccc(-c3nc4ccccc4nc3-c3ccccc3)cc2)cc1. The molecule has 2 aromatic heterocycles. The van der Waals surface area contributed by atoms with Gasteiger partial charge in [0.05, 0.1) is 27.9 Å². The number of aryl methyl sites for hydroxylation is 1. The van der Waals surface area contributed by atoms with Gasteiger partial charge in [-0.3, -0.25) is 0 Å². The van der Waals surface area contributed by atoms with Crippen molar-refractivity contribution in [1.82, 2.24) is 14.5 Å². The first-order valence-electron chi connectivity index (χ1n) is 25.4. The average molecular weight is 955 g/mol. The van der Waals surface area contributed by atoms with E-state index in [1.807, 2.05) is 102 Å². The smallest absolute Gasteiger partial charge is 0.0973 e. The highest BCUT2D eigenvalue weighted by molar-refractivity contribution is 5.99. The van der Waals surface area contributed by atoms with Crippen molar-refractivity contribution in [3.8, 4) is 39.3 Å². The van der Waals surface area contributed by atoms with Gasteiger partial charge in [0.2, 0.25) is 0 Å². The molecule has 0 saturated heterocycles. The van der Waals surface area contributed by atoms with Crippen LogP contribution in [0.1, 0.15) is 47.2 Å². The van der Waals surface area contributed by atoms with Crippen LogP contribution >= 0.6 is 0 Å². The zero-order valence-corrected chi connectivity index (χ0v) is 43.8. The first-order chi connectivity index (χ1) is 35.8. The fourth-order valence-electron chi connectivity index (χ4n) is 8.96. The van der Waals surface area contributed by atoms with E-state index in [1.165, 1.54) is 38.5 Å². The molecule has 0 aliphatic heterocycles. The molecule has 73 heavy (non-hydrogen) atoms. The van der Waals surface area contributed by atoms with E-state index in [2.05, 4.69) is 207 Å². The minimum atomic E-state index is 0.269. The fourth-order valence-corrected chi connectivity index (χ4v) is 8.96. The number of hydrogen-bond acceptors (Lipinski definition) is 3. The first kappa shape index (κ1) is 53.7. The van der Waals surface area contributed by atoms with Crippen molar-refractivity contribution in [3.05, 3.63) is 269 Å². The fraction of sp³-hybridized carbons (Fsp3) is 0.130. The molecule has 0 radical (unpaired) electrons. The lowest BCUT2D eigenvalue weighted by molar-refractivity contribution is 0.645. The zero-order valence-electron chi connectivity index (χ0n) is 43.8. The summed E-state index contributed by atoms with van der Waals surface area (Å²) in [5.41, 5.74) is 15.9. The number of allylic oxidation sites excluding steroid dienone is 5. The largest absolute Gasteiger partial charge is 0.314 e. The van der Waals surface area contributed by atoms with Crippen LogP contribution in [0.5, 0.6) is 0 Å². The summed E-state index contributed by atoms with van der Waals surface area (Å²) in [5.74, 6) is 0.551. The quantitative estimate of drug-likeness (QED) is 0.114. The highest BCUT2D eigenvalue weighted by atomic mass is 15.1. The molecule has 0 bridgehead atoms. The summed E-state index contributed by atoms with van der Waals surface area (Å²) in [7, 11) is 0. The minimum Gasteiger partial charge on any atom is -0.314 e. The summed E-state index contributed by atoms with van der Waals surface area (Å²) < 4.78 is 2.35. The number of hydrogen-bond donors (Lipinski definition) is 0. The van der Waals surface area contributed by atoms with Gasteiger partial charge in [0, 0.05) is 56.8 Å². The highest BCUT2D eigenvalue weighted by Crippen LogP contribution is 2.39. The van der Waals surface area contributed by atoms with Crippen molar-refractivity contribution >= 4 is 49.8 Å². The number of anilines is 3. The predicted molar refractivity (Wildman–Crippen MR) is 321 cm³/mol. The number of para-hydroxylation sites is 3. The van der Waals surface area contributed by atoms with Crippen molar-refractivity contribution < 1.29 is 0 Å². The normalized spacial score (nSPS) is 10.7. The van der Waals surface area contributed by atoms with Gasteiger partial charge < -0.3 is 9.47 Å². The number of aromatic nitrogens is 3. The van der Waals surface area contributed by atoms with Crippen molar-refractivity contribution in [2.45, 2.75) is 48.5 Å². The van der Waals surface area contributed by atoms with Gasteiger partial charge in [-0.05, 0) is 122 Å². The van der Waals surface area contributed by atoms with Crippen LogP contribution < -0.4 is 4.90 Å². The second kappa shape index (κ2) is 26.6. The first-order valence-corrected chi connectivity index (χ1v) is 25.4. The van der Waals surface area contributed by atoms with Crippen LogP contribution in [0.4, 0.5) is 17.1 Å². The van der Waals surface area contributed by atoms with Crippen molar-refractivity contribution in [3.63, 3.8) is 0 Å². The van der Waals surface area contributed by atoms with E-state index >= 15 is 0 Å². The molecule has 10 rings (SSSR count). The van der Waals surface area contributed by atoms with Crippen LogP contribution in [-0.4, -0.2) is 14.5 Å². The summed E-state index contributed by atoms with van der Waals surface area (Å²) in [6.07, 6.45) is 7.37. The summed E-state index contributed by atoms with van der Waals surface area (Å²) in [6, 6.07) is 70.8. The van der Waals surface area contributed by atoms with Crippen LogP contribution in [0.3, 0.4) is 0 Å². The van der Waals surface area contributed by atoms with Gasteiger partial charge in [-0.15, -0.1) is 26.3 Å². The Bertz CT molecular complexity index is 3390. The molecule has 366 valence electrons. The lowest BCUT2D eigenvalue weighted by atomic mass is 9.87. The van der Waals surface area contributed by atoms with Gasteiger partial charge in [0.1, 0.15) is 0 Å². The van der Waals surface area contributed by atoms with Crippen molar-refractivity contribution in [1.29, 1.82) is 0 Å². The van der Waals surface area contributed by atoms with Crippen LogP contribution in [0.15, 0.2) is 263 Å². The zero-order chi connectivity index (χ0) is 52.3. The molecule has 1 unspecified atom stereocenters. The molecule has 0 amide bonds. The summed E-state index contributed by atoms with van der Waals surface area (Å²) in [6.45, 7) is 32.5. The van der Waals surface area contributed by atoms with E-state index in [4.69, 9.17) is 9.97 Å². The standard InChI is InChI=1S/C51H36N4.C11H16.C3H6.2C2H6/c1-35-33-40-34-39(46-20-12-16-36-13-8-9-19-45(36)46)25-32-49(40)54(35)42-28-30-44(31-29-42)55(41-17-6-3-7-18-41)43-26-23-38(24-27-43)51-50(37-14-4-2-5-15-37)52-47-21-10-11-22-48(47)53-51;1-6-10(7-2)11(8-3)9(4)5;1-3-2;2*1-2/h2-34H,1H3;6-8,10-11H,1-4H2,5H3;3H,1H2,2H3;2*1-2H3. The maximum Gasteiger partial charge on any atom is 0.0973 e. The Morgan fingerprint density at radius 1 is 0.507 bits per heavy atom. The highest BCUT2D eigenvalue weighted by Gasteiger charge is 2.18. The minimum absolute atomic E-state index is 0.269. The van der Waals surface area contributed by atoms with Crippen LogP contribution in [0.2, 0.25) is 0 Å². The lowest BCUT2D eigenvalue weighted by Gasteiger charge is -2.26. The second-order valence-electron chi connectivity index (χ2n) is 17.0. The molecule has 2 heterocycles. The Morgan fingerprint density at radius 3 is 1.53 bits per heavy atom. The van der Waals surface area contributed by atoms with Gasteiger partial charge >= 0.3 is 0 Å². The lowest BCUT2D eigenvalue weighted by Crippen LogP contribution is -2.10. The number of benzene rings is 8. The van der Waals surface area contributed by atoms with Crippen LogP contribution in [0, 0.1) is 18.8 Å².